The van der Waals surface area contributed by atoms with Crippen molar-refractivity contribution >= 4 is 23.2 Å². The van der Waals surface area contributed by atoms with Crippen LogP contribution >= 0.6 is 23.2 Å². The van der Waals surface area contributed by atoms with Crippen LogP contribution in [0.4, 0.5) is 0 Å². The summed E-state index contributed by atoms with van der Waals surface area (Å²) in [5.74, 6) is 0.620. The number of imidazole rings is 1. The van der Waals surface area contributed by atoms with Crippen molar-refractivity contribution < 1.29 is 9.47 Å². The van der Waals surface area contributed by atoms with Gasteiger partial charge in [-0.3, -0.25) is 0 Å². The van der Waals surface area contributed by atoms with Crippen molar-refractivity contribution in [3.63, 3.8) is 0 Å². The zero-order valence-corrected chi connectivity index (χ0v) is 16.9. The van der Waals surface area contributed by atoms with E-state index in [0.29, 0.717) is 28.9 Å². The molecule has 1 unspecified atom stereocenters. The van der Waals surface area contributed by atoms with Crippen LogP contribution in [0.15, 0.2) is 36.9 Å². The van der Waals surface area contributed by atoms with Crippen molar-refractivity contribution in [1.29, 1.82) is 0 Å². The number of ether oxygens (including phenoxy) is 2. The summed E-state index contributed by atoms with van der Waals surface area (Å²) in [6.45, 7) is 4.09. The highest BCUT2D eigenvalue weighted by molar-refractivity contribution is 6.35. The fraction of sp³-hybridized carbons (Fsp3) is 0.550. The predicted octanol–water partition coefficient (Wildman–Crippen LogP) is 6.01. The molecule has 1 atom stereocenters. The molecule has 144 valence electrons. The number of benzene rings is 1. The second kappa shape index (κ2) is 12.2. The minimum Gasteiger partial charge on any atom is -0.489 e. The second-order valence-electron chi connectivity index (χ2n) is 6.41. The number of hydrogen-bond acceptors (Lipinski definition) is 3. The van der Waals surface area contributed by atoms with Gasteiger partial charge in [-0.2, -0.15) is 0 Å². The Morgan fingerprint density at radius 1 is 1.12 bits per heavy atom. The lowest BCUT2D eigenvalue weighted by molar-refractivity contribution is 0.00810. The molecule has 6 heteroatoms. The third-order valence-corrected chi connectivity index (χ3v) is 4.67. The Balaban J connectivity index is 1.79. The van der Waals surface area contributed by atoms with Crippen LogP contribution in [0.3, 0.4) is 0 Å². The highest BCUT2D eigenvalue weighted by Crippen LogP contribution is 2.27. The summed E-state index contributed by atoms with van der Waals surface area (Å²) < 4.78 is 13.9. The molecule has 0 spiro atoms. The molecular formula is C20H28Cl2N2O2. The van der Waals surface area contributed by atoms with Gasteiger partial charge in [-0.15, -0.1) is 0 Å². The summed E-state index contributed by atoms with van der Waals surface area (Å²) in [6, 6.07) is 5.23. The molecule has 1 aromatic carbocycles. The van der Waals surface area contributed by atoms with Crippen LogP contribution in [0.5, 0.6) is 5.75 Å². The first-order valence-corrected chi connectivity index (χ1v) is 10.1. The van der Waals surface area contributed by atoms with Crippen molar-refractivity contribution in [2.45, 2.75) is 58.1 Å². The Bertz CT molecular complexity index is 620. The number of nitrogens with zero attached hydrogens (tertiary/aromatic N) is 2. The van der Waals surface area contributed by atoms with Crippen molar-refractivity contribution in [1.82, 2.24) is 9.55 Å². The highest BCUT2D eigenvalue weighted by atomic mass is 35.5. The van der Waals surface area contributed by atoms with Crippen LogP contribution in [0.25, 0.3) is 0 Å². The van der Waals surface area contributed by atoms with Gasteiger partial charge in [0.15, 0.2) is 0 Å². The van der Waals surface area contributed by atoms with Gasteiger partial charge in [0, 0.05) is 24.0 Å². The van der Waals surface area contributed by atoms with Crippen LogP contribution in [0.1, 0.15) is 45.4 Å². The minimum absolute atomic E-state index is 0.0633. The van der Waals surface area contributed by atoms with Gasteiger partial charge in [0.05, 0.1) is 17.9 Å². The van der Waals surface area contributed by atoms with E-state index in [1.165, 1.54) is 32.1 Å². The topological polar surface area (TPSA) is 36.3 Å². The van der Waals surface area contributed by atoms with E-state index in [9.17, 15) is 0 Å². The molecule has 1 heterocycles. The number of unbranched alkanes of at least 4 members (excludes halogenated alkanes) is 5. The molecule has 0 amide bonds. The molecule has 0 bridgehead atoms. The molecule has 4 nitrogen and oxygen atoms in total. The first-order valence-electron chi connectivity index (χ1n) is 9.34. The zero-order chi connectivity index (χ0) is 18.6. The maximum absolute atomic E-state index is 6.18. The van der Waals surface area contributed by atoms with Gasteiger partial charge >= 0.3 is 0 Å². The first-order chi connectivity index (χ1) is 12.7. The molecule has 1 aromatic heterocycles. The lowest BCUT2D eigenvalue weighted by Crippen LogP contribution is -2.27. The van der Waals surface area contributed by atoms with Gasteiger partial charge in [0.2, 0.25) is 0 Å². The van der Waals surface area contributed by atoms with Crippen molar-refractivity contribution in [2.24, 2.45) is 0 Å². The smallest absolute Gasteiger partial charge is 0.138 e. The molecule has 0 saturated carbocycles. The average Bonchev–Trinajstić information content (AvgIpc) is 3.13. The van der Waals surface area contributed by atoms with Gasteiger partial charge in [-0.25, -0.2) is 4.98 Å². The Hall–Kier alpha value is -1.23. The van der Waals surface area contributed by atoms with E-state index in [1.807, 2.05) is 10.8 Å². The summed E-state index contributed by atoms with van der Waals surface area (Å²) in [7, 11) is 0. The molecule has 0 aliphatic heterocycles. The van der Waals surface area contributed by atoms with Crippen molar-refractivity contribution in [3.05, 3.63) is 47.0 Å². The molecular weight excluding hydrogens is 371 g/mol. The molecule has 0 N–H and O–H groups in total. The average molecular weight is 399 g/mol. The number of aromatic nitrogens is 2. The van der Waals surface area contributed by atoms with E-state index >= 15 is 0 Å². The van der Waals surface area contributed by atoms with E-state index < -0.39 is 0 Å². The standard InChI is InChI=1S/C20H28Cl2N2O2/c1-2-3-4-5-6-7-12-25-18(14-24-11-10-23-16-24)15-26-20-9-8-17(21)13-19(20)22/h8-11,13,16,18H,2-7,12,14-15H2,1H3. The molecule has 0 fully saturated rings. The summed E-state index contributed by atoms with van der Waals surface area (Å²) >= 11 is 12.1. The quantitative estimate of drug-likeness (QED) is 0.387. The molecule has 0 saturated heterocycles. The van der Waals surface area contributed by atoms with Crippen LogP contribution < -0.4 is 4.74 Å². The Morgan fingerprint density at radius 2 is 1.92 bits per heavy atom. The Morgan fingerprint density at radius 3 is 2.65 bits per heavy atom. The lowest BCUT2D eigenvalue weighted by atomic mass is 10.1. The lowest BCUT2D eigenvalue weighted by Gasteiger charge is -2.19. The van der Waals surface area contributed by atoms with Crippen LogP contribution in [0.2, 0.25) is 10.0 Å². The third-order valence-electron chi connectivity index (χ3n) is 4.14. The minimum atomic E-state index is -0.0633. The molecule has 0 radical (unpaired) electrons. The second-order valence-corrected chi connectivity index (χ2v) is 7.25. The zero-order valence-electron chi connectivity index (χ0n) is 15.4. The predicted molar refractivity (Wildman–Crippen MR) is 107 cm³/mol. The third kappa shape index (κ3) is 7.98. The highest BCUT2D eigenvalue weighted by Gasteiger charge is 2.13. The van der Waals surface area contributed by atoms with E-state index in [0.717, 1.165) is 13.0 Å². The van der Waals surface area contributed by atoms with E-state index in [1.54, 1.807) is 30.7 Å². The van der Waals surface area contributed by atoms with Crippen molar-refractivity contribution in [2.75, 3.05) is 13.2 Å². The largest absolute Gasteiger partial charge is 0.489 e. The molecule has 0 aliphatic carbocycles. The summed E-state index contributed by atoms with van der Waals surface area (Å²) in [5, 5.41) is 1.10. The van der Waals surface area contributed by atoms with Gasteiger partial charge in [0.1, 0.15) is 18.5 Å². The summed E-state index contributed by atoms with van der Waals surface area (Å²) in [4.78, 5) is 4.09. The van der Waals surface area contributed by atoms with E-state index in [2.05, 4.69) is 11.9 Å². The van der Waals surface area contributed by atoms with Gasteiger partial charge in [-0.1, -0.05) is 62.2 Å². The molecule has 26 heavy (non-hydrogen) atoms. The van der Waals surface area contributed by atoms with Crippen molar-refractivity contribution in [3.8, 4) is 5.75 Å². The van der Waals surface area contributed by atoms with E-state index in [4.69, 9.17) is 32.7 Å². The fourth-order valence-electron chi connectivity index (χ4n) is 2.69. The van der Waals surface area contributed by atoms with Crippen LogP contribution in [-0.2, 0) is 11.3 Å². The monoisotopic (exact) mass is 398 g/mol. The first kappa shape index (κ1) is 21.1. The van der Waals surface area contributed by atoms with Gasteiger partial charge in [0.25, 0.3) is 0 Å². The van der Waals surface area contributed by atoms with Gasteiger partial charge < -0.3 is 14.0 Å². The fourth-order valence-corrected chi connectivity index (χ4v) is 3.15. The van der Waals surface area contributed by atoms with Gasteiger partial charge in [-0.05, 0) is 24.6 Å². The Labute approximate surface area is 166 Å². The maximum atomic E-state index is 6.18. The SMILES string of the molecule is CCCCCCCCOC(COc1ccc(Cl)cc1Cl)Cn1ccnc1. The molecule has 2 rings (SSSR count). The molecule has 2 aromatic rings. The number of halogens is 2. The Kier molecular flexibility index (Phi) is 9.90. The number of hydrogen-bond donors (Lipinski definition) is 0. The molecule has 0 aliphatic rings. The summed E-state index contributed by atoms with van der Waals surface area (Å²) in [5.41, 5.74) is 0. The number of rotatable bonds is 13. The normalized spacial score (nSPS) is 12.3. The maximum Gasteiger partial charge on any atom is 0.138 e. The van der Waals surface area contributed by atoms with Crippen LogP contribution in [0, 0.1) is 0 Å². The summed E-state index contributed by atoms with van der Waals surface area (Å²) in [6.07, 6.45) is 12.9. The van der Waals surface area contributed by atoms with Crippen LogP contribution in [-0.4, -0.2) is 28.9 Å². The van der Waals surface area contributed by atoms with E-state index in [-0.39, 0.29) is 6.10 Å².